The minimum atomic E-state index is -0.683. The minimum absolute atomic E-state index is 0.276. The van der Waals surface area contributed by atoms with Gasteiger partial charge in [0.25, 0.3) is 0 Å². The van der Waals surface area contributed by atoms with E-state index < -0.39 is 5.97 Å². The molecule has 0 saturated carbocycles. The van der Waals surface area contributed by atoms with Crippen molar-refractivity contribution in [2.45, 2.75) is 52.2 Å². The van der Waals surface area contributed by atoms with Crippen molar-refractivity contribution in [3.05, 3.63) is 0 Å². The Morgan fingerprint density at radius 3 is 2.31 bits per heavy atom. The van der Waals surface area contributed by atoms with Crippen molar-refractivity contribution < 1.29 is 9.90 Å². The Morgan fingerprint density at radius 2 is 2.08 bits per heavy atom. The van der Waals surface area contributed by atoms with E-state index in [0.717, 1.165) is 0 Å². The molecule has 0 radical (unpaired) electrons. The van der Waals surface area contributed by atoms with Crippen molar-refractivity contribution in [2.75, 3.05) is 0 Å². The Kier molecular flexibility index (Phi) is 2.96. The molecule has 3 heteroatoms. The summed E-state index contributed by atoms with van der Waals surface area (Å²) in [5, 5.41) is 8.96. The second-order valence-corrected chi connectivity index (χ2v) is 4.18. The van der Waals surface area contributed by atoms with E-state index in [1.165, 1.54) is 0 Å². The van der Waals surface area contributed by atoms with Gasteiger partial charge < -0.3 is 5.11 Å². The molecule has 76 valence electrons. The van der Waals surface area contributed by atoms with Crippen LogP contribution >= 0.6 is 0 Å². The first-order chi connectivity index (χ1) is 6.00. The molecule has 1 rings (SSSR count). The second-order valence-electron chi connectivity index (χ2n) is 4.18. The van der Waals surface area contributed by atoms with Crippen LogP contribution in [0, 0.1) is 5.92 Å². The van der Waals surface area contributed by atoms with E-state index in [4.69, 9.17) is 5.11 Å². The molecule has 0 amide bonds. The van der Waals surface area contributed by atoms with Crippen LogP contribution in [0.15, 0.2) is 0 Å². The van der Waals surface area contributed by atoms with Gasteiger partial charge in [-0.15, -0.1) is 0 Å². The molecular weight excluding hydrogens is 166 g/mol. The number of hydrogen-bond donors (Lipinski definition) is 1. The Bertz CT molecular complexity index is 203. The molecule has 0 aromatic carbocycles. The fraction of sp³-hybridized carbons (Fsp3) is 0.900. The highest BCUT2D eigenvalue weighted by Crippen LogP contribution is 2.37. The molecule has 4 unspecified atom stereocenters. The topological polar surface area (TPSA) is 40.3 Å². The molecule has 1 saturated heterocycles. The summed E-state index contributed by atoms with van der Waals surface area (Å²) >= 11 is 0. The van der Waals surface area contributed by atoms with Gasteiger partial charge in [-0.05, 0) is 19.3 Å². The number of hydrogen-bond acceptors (Lipinski definition) is 2. The summed E-state index contributed by atoms with van der Waals surface area (Å²) in [5.41, 5.74) is 0. The molecular formula is C10H19NO2. The van der Waals surface area contributed by atoms with Crippen molar-refractivity contribution in [1.29, 1.82) is 0 Å². The predicted octanol–water partition coefficient (Wildman–Crippen LogP) is 1.58. The normalized spacial score (nSPS) is 34.7. The number of carboxylic acids is 1. The smallest absolute Gasteiger partial charge is 0.320 e. The lowest BCUT2D eigenvalue weighted by molar-refractivity contribution is -0.141. The largest absolute Gasteiger partial charge is 0.480 e. The summed E-state index contributed by atoms with van der Waals surface area (Å²) < 4.78 is 0. The van der Waals surface area contributed by atoms with Gasteiger partial charge >= 0.3 is 5.97 Å². The summed E-state index contributed by atoms with van der Waals surface area (Å²) in [4.78, 5) is 13.0. The zero-order valence-corrected chi connectivity index (χ0v) is 8.82. The molecule has 1 N–H and O–H groups in total. The van der Waals surface area contributed by atoms with E-state index in [1.807, 2.05) is 6.92 Å². The molecule has 1 aliphatic rings. The third kappa shape index (κ3) is 1.85. The molecule has 0 aromatic heterocycles. The lowest BCUT2D eigenvalue weighted by atomic mass is 10.1. The Hall–Kier alpha value is -0.570. The van der Waals surface area contributed by atoms with Gasteiger partial charge in [0.2, 0.25) is 0 Å². The molecule has 1 heterocycles. The highest BCUT2D eigenvalue weighted by molar-refractivity contribution is 5.74. The number of carboxylic acid groups (broad SMARTS) is 1. The van der Waals surface area contributed by atoms with Crippen LogP contribution < -0.4 is 0 Å². The summed E-state index contributed by atoms with van der Waals surface area (Å²) in [7, 11) is 0. The van der Waals surface area contributed by atoms with Crippen LogP contribution in [0.4, 0.5) is 0 Å². The van der Waals surface area contributed by atoms with Crippen molar-refractivity contribution in [2.24, 2.45) is 5.92 Å². The summed E-state index contributed by atoms with van der Waals surface area (Å²) in [6.07, 6.45) is 0.697. The molecule has 0 aromatic rings. The maximum Gasteiger partial charge on any atom is 0.320 e. The maximum absolute atomic E-state index is 10.9. The predicted molar refractivity (Wildman–Crippen MR) is 51.6 cm³/mol. The van der Waals surface area contributed by atoms with E-state index in [-0.39, 0.29) is 6.04 Å². The van der Waals surface area contributed by atoms with Crippen LogP contribution in [-0.4, -0.2) is 34.1 Å². The van der Waals surface area contributed by atoms with Gasteiger partial charge in [0.05, 0.1) is 0 Å². The number of nitrogens with zero attached hydrogens (tertiary/aromatic N) is 1. The van der Waals surface area contributed by atoms with E-state index in [9.17, 15) is 4.79 Å². The van der Waals surface area contributed by atoms with Gasteiger partial charge in [-0.3, -0.25) is 9.69 Å². The van der Waals surface area contributed by atoms with Crippen molar-refractivity contribution in [1.82, 2.24) is 4.90 Å². The van der Waals surface area contributed by atoms with Crippen molar-refractivity contribution in [3.63, 3.8) is 0 Å². The van der Waals surface area contributed by atoms with E-state index in [2.05, 4.69) is 25.7 Å². The summed E-state index contributed by atoms with van der Waals surface area (Å²) in [6, 6.07) is 0.643. The van der Waals surface area contributed by atoms with Crippen LogP contribution in [0.3, 0.4) is 0 Å². The molecule has 1 fully saturated rings. The number of aliphatic carboxylic acids is 1. The Morgan fingerprint density at radius 1 is 1.54 bits per heavy atom. The van der Waals surface area contributed by atoms with Crippen LogP contribution in [0.2, 0.25) is 0 Å². The van der Waals surface area contributed by atoms with Gasteiger partial charge in [0.1, 0.15) is 6.04 Å². The lowest BCUT2D eigenvalue weighted by Crippen LogP contribution is -2.30. The zero-order chi connectivity index (χ0) is 10.2. The summed E-state index contributed by atoms with van der Waals surface area (Å²) in [5.74, 6) is -0.124. The van der Waals surface area contributed by atoms with Crippen LogP contribution in [0.25, 0.3) is 0 Å². The highest BCUT2D eigenvalue weighted by atomic mass is 16.4. The van der Waals surface area contributed by atoms with Crippen LogP contribution in [0.1, 0.15) is 34.1 Å². The third-order valence-electron chi connectivity index (χ3n) is 2.93. The van der Waals surface area contributed by atoms with Crippen molar-refractivity contribution >= 4 is 5.97 Å². The fourth-order valence-electron chi connectivity index (χ4n) is 2.30. The molecule has 4 atom stereocenters. The molecule has 1 aliphatic heterocycles. The average molecular weight is 185 g/mol. The molecule has 3 nitrogen and oxygen atoms in total. The average Bonchev–Trinajstić information content (AvgIpc) is 2.63. The molecule has 13 heavy (non-hydrogen) atoms. The van der Waals surface area contributed by atoms with Crippen molar-refractivity contribution in [3.8, 4) is 0 Å². The third-order valence-corrected chi connectivity index (χ3v) is 2.93. The maximum atomic E-state index is 10.9. The number of carbonyl (C=O) groups is 1. The first kappa shape index (κ1) is 10.5. The monoisotopic (exact) mass is 185 g/mol. The quantitative estimate of drug-likeness (QED) is 0.676. The standard InChI is InChI=1S/C10H19NO2/c1-5-8(10(12)13)11-7(4)9(11)6(2)3/h6-9H,5H2,1-4H3,(H,12,13). The van der Waals surface area contributed by atoms with Gasteiger partial charge in [0, 0.05) is 12.1 Å². The Labute approximate surface area is 79.7 Å². The van der Waals surface area contributed by atoms with Gasteiger partial charge in [-0.1, -0.05) is 20.8 Å². The van der Waals surface area contributed by atoms with E-state index >= 15 is 0 Å². The van der Waals surface area contributed by atoms with Crippen LogP contribution in [0.5, 0.6) is 0 Å². The van der Waals surface area contributed by atoms with Gasteiger partial charge in [0.15, 0.2) is 0 Å². The lowest BCUT2D eigenvalue weighted by Gasteiger charge is -2.13. The fourth-order valence-corrected chi connectivity index (χ4v) is 2.30. The van der Waals surface area contributed by atoms with Gasteiger partial charge in [-0.25, -0.2) is 0 Å². The van der Waals surface area contributed by atoms with E-state index in [1.54, 1.807) is 0 Å². The summed E-state index contributed by atoms with van der Waals surface area (Å²) in [6.45, 7) is 8.34. The molecule has 0 bridgehead atoms. The minimum Gasteiger partial charge on any atom is -0.480 e. The SMILES string of the molecule is CCC(C(=O)O)N1C(C)C1C(C)C. The number of rotatable bonds is 4. The highest BCUT2D eigenvalue weighted by Gasteiger charge is 2.50. The van der Waals surface area contributed by atoms with E-state index in [0.29, 0.717) is 24.4 Å². The zero-order valence-electron chi connectivity index (χ0n) is 8.82. The first-order valence-corrected chi connectivity index (χ1v) is 5.01. The molecule has 0 aliphatic carbocycles. The van der Waals surface area contributed by atoms with Gasteiger partial charge in [-0.2, -0.15) is 0 Å². The molecule has 0 spiro atoms. The first-order valence-electron chi connectivity index (χ1n) is 5.01. The van der Waals surface area contributed by atoms with Crippen LogP contribution in [-0.2, 0) is 4.79 Å². The second kappa shape index (κ2) is 3.66. The Balaban J connectivity index is 2.59.